The maximum atomic E-state index is 5.60. The summed E-state index contributed by atoms with van der Waals surface area (Å²) in [5.74, 6) is 0.232. The molecule has 0 bridgehead atoms. The fraction of sp³-hybridized carbons (Fsp3) is 0.333. The summed E-state index contributed by atoms with van der Waals surface area (Å²) in [4.78, 5) is 0. The molecule has 0 heterocycles. The standard InChI is InChI=1S/C9H14NP/c10-9(11)7-6-8-4-2-1-3-5-8/h1-5,9H,6-7,10-11H2. The van der Waals surface area contributed by atoms with Crippen LogP contribution in [0, 0.1) is 0 Å². The Morgan fingerprint density at radius 1 is 1.27 bits per heavy atom. The number of aryl methyl sites for hydroxylation is 1. The lowest BCUT2D eigenvalue weighted by Crippen LogP contribution is -2.11. The van der Waals surface area contributed by atoms with Crippen molar-refractivity contribution in [2.24, 2.45) is 5.73 Å². The van der Waals surface area contributed by atoms with Crippen LogP contribution in [0.25, 0.3) is 0 Å². The van der Waals surface area contributed by atoms with Crippen LogP contribution in [-0.2, 0) is 6.42 Å². The SMILES string of the molecule is NC(P)CCc1ccccc1. The van der Waals surface area contributed by atoms with Gasteiger partial charge in [-0.25, -0.2) is 0 Å². The summed E-state index contributed by atoms with van der Waals surface area (Å²) >= 11 is 0. The Hall–Kier alpha value is -0.390. The Labute approximate surface area is 70.2 Å². The van der Waals surface area contributed by atoms with Gasteiger partial charge in [-0.3, -0.25) is 0 Å². The van der Waals surface area contributed by atoms with Crippen molar-refractivity contribution in [2.75, 3.05) is 0 Å². The van der Waals surface area contributed by atoms with Gasteiger partial charge in [-0.05, 0) is 18.4 Å². The van der Waals surface area contributed by atoms with Crippen LogP contribution in [0.3, 0.4) is 0 Å². The van der Waals surface area contributed by atoms with Crippen molar-refractivity contribution in [3.05, 3.63) is 35.9 Å². The van der Waals surface area contributed by atoms with Crippen molar-refractivity contribution in [3.63, 3.8) is 0 Å². The Morgan fingerprint density at radius 2 is 1.91 bits per heavy atom. The maximum absolute atomic E-state index is 5.60. The molecule has 1 nitrogen and oxygen atoms in total. The van der Waals surface area contributed by atoms with Crippen molar-refractivity contribution in [1.29, 1.82) is 0 Å². The molecule has 0 saturated carbocycles. The van der Waals surface area contributed by atoms with E-state index in [4.69, 9.17) is 5.73 Å². The minimum absolute atomic E-state index is 0.232. The molecule has 1 aromatic rings. The highest BCUT2D eigenvalue weighted by Gasteiger charge is 1.94. The zero-order chi connectivity index (χ0) is 8.10. The number of hydrogen-bond acceptors (Lipinski definition) is 1. The molecule has 0 saturated heterocycles. The third kappa shape index (κ3) is 3.50. The summed E-state index contributed by atoms with van der Waals surface area (Å²) in [6, 6.07) is 10.4. The van der Waals surface area contributed by atoms with Crippen molar-refractivity contribution in [2.45, 2.75) is 18.6 Å². The molecule has 1 rings (SSSR count). The van der Waals surface area contributed by atoms with Crippen molar-refractivity contribution >= 4 is 9.24 Å². The lowest BCUT2D eigenvalue weighted by molar-refractivity contribution is 0.787. The summed E-state index contributed by atoms with van der Waals surface area (Å²) in [7, 11) is 2.61. The Balaban J connectivity index is 2.39. The lowest BCUT2D eigenvalue weighted by atomic mass is 10.1. The molecular formula is C9H14NP. The van der Waals surface area contributed by atoms with Crippen LogP contribution in [0.5, 0.6) is 0 Å². The monoisotopic (exact) mass is 167 g/mol. The first-order valence-corrected chi connectivity index (χ1v) is 4.51. The van der Waals surface area contributed by atoms with E-state index in [9.17, 15) is 0 Å². The number of nitrogens with two attached hydrogens (primary N) is 1. The molecule has 60 valence electrons. The van der Waals surface area contributed by atoms with Crippen molar-refractivity contribution in [1.82, 2.24) is 0 Å². The van der Waals surface area contributed by atoms with Gasteiger partial charge < -0.3 is 5.73 Å². The van der Waals surface area contributed by atoms with Crippen LogP contribution < -0.4 is 5.73 Å². The quantitative estimate of drug-likeness (QED) is 0.682. The van der Waals surface area contributed by atoms with E-state index in [0.29, 0.717) is 0 Å². The highest BCUT2D eigenvalue weighted by molar-refractivity contribution is 7.17. The molecule has 11 heavy (non-hydrogen) atoms. The summed E-state index contributed by atoms with van der Waals surface area (Å²) in [5.41, 5.74) is 6.97. The van der Waals surface area contributed by atoms with Gasteiger partial charge in [0.1, 0.15) is 0 Å². The van der Waals surface area contributed by atoms with E-state index >= 15 is 0 Å². The molecule has 1 aromatic carbocycles. The molecule has 2 unspecified atom stereocenters. The van der Waals surface area contributed by atoms with Gasteiger partial charge in [-0.2, -0.15) is 0 Å². The van der Waals surface area contributed by atoms with Gasteiger partial charge >= 0.3 is 0 Å². The zero-order valence-corrected chi connectivity index (χ0v) is 7.69. The first-order chi connectivity index (χ1) is 5.29. The van der Waals surface area contributed by atoms with Gasteiger partial charge in [0, 0.05) is 5.78 Å². The minimum Gasteiger partial charge on any atom is -0.324 e. The van der Waals surface area contributed by atoms with Crippen LogP contribution >= 0.6 is 9.24 Å². The molecule has 2 atom stereocenters. The molecule has 0 fully saturated rings. The predicted molar refractivity (Wildman–Crippen MR) is 52.4 cm³/mol. The number of benzene rings is 1. The summed E-state index contributed by atoms with van der Waals surface area (Å²) in [5, 5.41) is 0. The van der Waals surface area contributed by atoms with E-state index in [1.807, 2.05) is 6.07 Å². The molecule has 2 heteroatoms. The van der Waals surface area contributed by atoms with Gasteiger partial charge in [0.15, 0.2) is 0 Å². The smallest absolute Gasteiger partial charge is 0.0187 e. The average molecular weight is 167 g/mol. The van der Waals surface area contributed by atoms with E-state index in [0.717, 1.165) is 12.8 Å². The van der Waals surface area contributed by atoms with E-state index in [1.54, 1.807) is 0 Å². The molecule has 0 spiro atoms. The fourth-order valence-electron chi connectivity index (χ4n) is 0.978. The van der Waals surface area contributed by atoms with E-state index in [2.05, 4.69) is 33.5 Å². The summed E-state index contributed by atoms with van der Waals surface area (Å²) in [6.45, 7) is 0. The molecule has 0 amide bonds. The van der Waals surface area contributed by atoms with Crippen molar-refractivity contribution < 1.29 is 0 Å². The minimum atomic E-state index is 0.232. The molecular weight excluding hydrogens is 153 g/mol. The Morgan fingerprint density at radius 3 is 2.45 bits per heavy atom. The van der Waals surface area contributed by atoms with Gasteiger partial charge in [0.05, 0.1) is 0 Å². The highest BCUT2D eigenvalue weighted by atomic mass is 31.0. The first kappa shape index (κ1) is 8.70. The van der Waals surface area contributed by atoms with Gasteiger partial charge in [0.25, 0.3) is 0 Å². The molecule has 0 aliphatic rings. The van der Waals surface area contributed by atoms with Crippen LogP contribution in [0.4, 0.5) is 0 Å². The number of hydrogen-bond donors (Lipinski definition) is 1. The van der Waals surface area contributed by atoms with Gasteiger partial charge in [-0.1, -0.05) is 30.3 Å². The van der Waals surface area contributed by atoms with Gasteiger partial charge in [0.2, 0.25) is 0 Å². The molecule has 0 radical (unpaired) electrons. The zero-order valence-electron chi connectivity index (χ0n) is 6.53. The Kier molecular flexibility index (Phi) is 3.55. The highest BCUT2D eigenvalue weighted by Crippen LogP contribution is 2.06. The molecule has 2 N–H and O–H groups in total. The Bertz CT molecular complexity index is 196. The largest absolute Gasteiger partial charge is 0.324 e. The van der Waals surface area contributed by atoms with E-state index in [1.165, 1.54) is 5.56 Å². The third-order valence-electron chi connectivity index (χ3n) is 1.61. The van der Waals surface area contributed by atoms with Crippen molar-refractivity contribution in [3.8, 4) is 0 Å². The summed E-state index contributed by atoms with van der Waals surface area (Å²) < 4.78 is 0. The average Bonchev–Trinajstić information content (AvgIpc) is 2.03. The van der Waals surface area contributed by atoms with Crippen LogP contribution in [-0.4, -0.2) is 5.78 Å². The van der Waals surface area contributed by atoms with Gasteiger partial charge in [-0.15, -0.1) is 9.24 Å². The second-order valence-electron chi connectivity index (χ2n) is 2.69. The first-order valence-electron chi connectivity index (χ1n) is 3.84. The van der Waals surface area contributed by atoms with E-state index < -0.39 is 0 Å². The fourth-order valence-corrected chi connectivity index (χ4v) is 1.14. The summed E-state index contributed by atoms with van der Waals surface area (Å²) in [6.07, 6.45) is 2.11. The molecule has 0 aliphatic carbocycles. The van der Waals surface area contributed by atoms with Crippen LogP contribution in [0.1, 0.15) is 12.0 Å². The number of rotatable bonds is 3. The predicted octanol–water partition coefficient (Wildman–Crippen LogP) is 1.78. The van der Waals surface area contributed by atoms with E-state index in [-0.39, 0.29) is 5.78 Å². The molecule has 0 aliphatic heterocycles. The third-order valence-corrected chi connectivity index (χ3v) is 1.94. The van der Waals surface area contributed by atoms with Crippen LogP contribution in [0.15, 0.2) is 30.3 Å². The second kappa shape index (κ2) is 4.48. The maximum Gasteiger partial charge on any atom is 0.0187 e. The van der Waals surface area contributed by atoms with Crippen LogP contribution in [0.2, 0.25) is 0 Å². The normalized spacial score (nSPS) is 12.9. The lowest BCUT2D eigenvalue weighted by Gasteiger charge is -2.03. The molecule has 0 aromatic heterocycles. The second-order valence-corrected chi connectivity index (χ2v) is 3.54. The topological polar surface area (TPSA) is 26.0 Å².